The predicted molar refractivity (Wildman–Crippen MR) is 120 cm³/mol. The van der Waals surface area contributed by atoms with Crippen molar-refractivity contribution in [2.75, 3.05) is 7.11 Å². The van der Waals surface area contributed by atoms with Gasteiger partial charge in [0.15, 0.2) is 0 Å². The largest absolute Gasteiger partial charge is 0.497 e. The third kappa shape index (κ3) is 5.19. The molecule has 1 fully saturated rings. The molecule has 1 saturated carbocycles. The molecule has 0 saturated heterocycles. The molecule has 1 nitrogen and oxygen atoms in total. The van der Waals surface area contributed by atoms with E-state index in [1.165, 1.54) is 87.3 Å². The average molecular weight is 379 g/mol. The SMILES string of the molecule is CCc1ccc(C2(c3ccc(OC)cc3)CCCCCCCCCCC2)cc1. The maximum absolute atomic E-state index is 5.44. The van der Waals surface area contributed by atoms with Crippen molar-refractivity contribution >= 4 is 0 Å². The Balaban J connectivity index is 1.97. The molecule has 152 valence electrons. The molecule has 1 heteroatoms. The molecule has 0 amide bonds. The third-order valence-corrected chi connectivity index (χ3v) is 6.76. The van der Waals surface area contributed by atoms with E-state index < -0.39 is 0 Å². The van der Waals surface area contributed by atoms with Crippen LogP contribution in [0.25, 0.3) is 0 Å². The Morgan fingerprint density at radius 2 is 1.07 bits per heavy atom. The number of benzene rings is 2. The first-order chi connectivity index (χ1) is 13.8. The lowest BCUT2D eigenvalue weighted by Crippen LogP contribution is -2.28. The fraction of sp³-hybridized carbons (Fsp3) is 0.556. The highest BCUT2D eigenvalue weighted by molar-refractivity contribution is 5.42. The normalized spacial score (nSPS) is 18.6. The van der Waals surface area contributed by atoms with Crippen LogP contribution in [-0.2, 0) is 11.8 Å². The van der Waals surface area contributed by atoms with Gasteiger partial charge in [0.05, 0.1) is 7.11 Å². The number of hydrogen-bond donors (Lipinski definition) is 0. The molecule has 3 rings (SSSR count). The summed E-state index contributed by atoms with van der Waals surface area (Å²) >= 11 is 0. The summed E-state index contributed by atoms with van der Waals surface area (Å²) in [5, 5.41) is 0. The number of ether oxygens (including phenoxy) is 1. The first-order valence-corrected chi connectivity index (χ1v) is 11.5. The molecule has 2 aromatic rings. The second-order valence-electron chi connectivity index (χ2n) is 8.54. The molecule has 0 bridgehead atoms. The van der Waals surface area contributed by atoms with E-state index in [-0.39, 0.29) is 5.41 Å². The van der Waals surface area contributed by atoms with Crippen molar-refractivity contribution in [3.8, 4) is 5.75 Å². The highest BCUT2D eigenvalue weighted by Gasteiger charge is 2.33. The predicted octanol–water partition coefficient (Wildman–Crippen LogP) is 7.85. The fourth-order valence-corrected chi connectivity index (χ4v) is 4.93. The van der Waals surface area contributed by atoms with Crippen molar-refractivity contribution in [1.29, 1.82) is 0 Å². The Hall–Kier alpha value is -1.76. The van der Waals surface area contributed by atoms with Crippen molar-refractivity contribution in [2.24, 2.45) is 0 Å². The van der Waals surface area contributed by atoms with Crippen molar-refractivity contribution in [3.05, 3.63) is 65.2 Å². The zero-order chi connectivity index (χ0) is 19.7. The minimum absolute atomic E-state index is 0.137. The lowest BCUT2D eigenvalue weighted by molar-refractivity contribution is 0.381. The van der Waals surface area contributed by atoms with Gasteiger partial charge in [-0.05, 0) is 48.1 Å². The molecule has 1 aliphatic rings. The highest BCUT2D eigenvalue weighted by atomic mass is 16.5. The molecule has 0 aliphatic heterocycles. The number of methoxy groups -OCH3 is 1. The van der Waals surface area contributed by atoms with Gasteiger partial charge in [0, 0.05) is 5.41 Å². The second-order valence-corrected chi connectivity index (χ2v) is 8.54. The lowest BCUT2D eigenvalue weighted by Gasteiger charge is -2.36. The lowest BCUT2D eigenvalue weighted by atomic mass is 9.67. The molecule has 0 N–H and O–H groups in total. The topological polar surface area (TPSA) is 9.23 Å². The van der Waals surface area contributed by atoms with Crippen molar-refractivity contribution < 1.29 is 4.74 Å². The van der Waals surface area contributed by atoms with Crippen molar-refractivity contribution in [1.82, 2.24) is 0 Å². The molecular weight excluding hydrogens is 340 g/mol. The van der Waals surface area contributed by atoms with Crippen LogP contribution in [0, 0.1) is 0 Å². The van der Waals surface area contributed by atoms with Crippen LogP contribution in [0.3, 0.4) is 0 Å². The molecule has 0 aromatic heterocycles. The molecule has 1 aliphatic carbocycles. The third-order valence-electron chi connectivity index (χ3n) is 6.76. The summed E-state index contributed by atoms with van der Waals surface area (Å²) < 4.78 is 5.44. The van der Waals surface area contributed by atoms with E-state index in [0.29, 0.717) is 0 Å². The Bertz CT molecular complexity index is 622. The Labute approximate surface area is 172 Å². The monoisotopic (exact) mass is 378 g/mol. The summed E-state index contributed by atoms with van der Waals surface area (Å²) in [4.78, 5) is 0. The summed E-state index contributed by atoms with van der Waals surface area (Å²) in [5.41, 5.74) is 4.54. The average Bonchev–Trinajstić information content (AvgIpc) is 2.75. The molecule has 2 aromatic carbocycles. The van der Waals surface area contributed by atoms with Crippen LogP contribution in [0.5, 0.6) is 5.75 Å². The molecule has 28 heavy (non-hydrogen) atoms. The molecule has 0 heterocycles. The summed E-state index contributed by atoms with van der Waals surface area (Å²) in [6.45, 7) is 2.24. The quantitative estimate of drug-likeness (QED) is 0.526. The smallest absolute Gasteiger partial charge is 0.118 e. The Morgan fingerprint density at radius 1 is 0.643 bits per heavy atom. The van der Waals surface area contributed by atoms with Gasteiger partial charge in [0.1, 0.15) is 5.75 Å². The van der Waals surface area contributed by atoms with E-state index in [0.717, 1.165) is 12.2 Å². The van der Waals surface area contributed by atoms with Gasteiger partial charge in [-0.15, -0.1) is 0 Å². The molecule has 0 spiro atoms. The van der Waals surface area contributed by atoms with E-state index in [2.05, 4.69) is 55.5 Å². The van der Waals surface area contributed by atoms with Crippen LogP contribution >= 0.6 is 0 Å². The van der Waals surface area contributed by atoms with Crippen LogP contribution in [0.4, 0.5) is 0 Å². The summed E-state index contributed by atoms with van der Waals surface area (Å²) in [7, 11) is 1.75. The van der Waals surface area contributed by atoms with Gasteiger partial charge in [-0.1, -0.05) is 101 Å². The van der Waals surface area contributed by atoms with Crippen LogP contribution in [0.2, 0.25) is 0 Å². The fourth-order valence-electron chi connectivity index (χ4n) is 4.93. The van der Waals surface area contributed by atoms with Crippen LogP contribution < -0.4 is 4.74 Å². The number of aryl methyl sites for hydroxylation is 1. The van der Waals surface area contributed by atoms with E-state index in [4.69, 9.17) is 4.74 Å². The van der Waals surface area contributed by atoms with Crippen molar-refractivity contribution in [2.45, 2.75) is 89.4 Å². The molecule has 0 atom stereocenters. The van der Waals surface area contributed by atoms with Crippen LogP contribution in [0.15, 0.2) is 48.5 Å². The van der Waals surface area contributed by atoms with E-state index in [1.807, 2.05) is 0 Å². The summed E-state index contributed by atoms with van der Waals surface area (Å²) in [6.07, 6.45) is 16.1. The van der Waals surface area contributed by atoms with E-state index in [9.17, 15) is 0 Å². The minimum atomic E-state index is 0.137. The Morgan fingerprint density at radius 3 is 1.50 bits per heavy atom. The van der Waals surface area contributed by atoms with Crippen LogP contribution in [-0.4, -0.2) is 7.11 Å². The summed E-state index contributed by atoms with van der Waals surface area (Å²) in [5.74, 6) is 0.952. The maximum Gasteiger partial charge on any atom is 0.118 e. The first kappa shape index (κ1) is 21.0. The van der Waals surface area contributed by atoms with Gasteiger partial charge in [0.25, 0.3) is 0 Å². The number of rotatable bonds is 4. The van der Waals surface area contributed by atoms with Gasteiger partial charge < -0.3 is 4.74 Å². The maximum atomic E-state index is 5.44. The van der Waals surface area contributed by atoms with E-state index in [1.54, 1.807) is 7.11 Å². The van der Waals surface area contributed by atoms with Gasteiger partial charge in [-0.3, -0.25) is 0 Å². The first-order valence-electron chi connectivity index (χ1n) is 11.5. The zero-order valence-electron chi connectivity index (χ0n) is 18.0. The standard InChI is InChI=1S/C27H38O/c1-3-23-13-15-24(16-14-23)27(25-17-19-26(28-2)20-18-25)21-11-9-7-5-4-6-8-10-12-22-27/h13-20H,3-12,21-22H2,1-2H3. The molecule has 0 unspecified atom stereocenters. The van der Waals surface area contributed by atoms with Gasteiger partial charge in [-0.25, -0.2) is 0 Å². The van der Waals surface area contributed by atoms with Gasteiger partial charge >= 0.3 is 0 Å². The summed E-state index contributed by atoms with van der Waals surface area (Å²) in [6, 6.07) is 18.4. The highest BCUT2D eigenvalue weighted by Crippen LogP contribution is 2.43. The molecule has 0 radical (unpaired) electrons. The zero-order valence-corrected chi connectivity index (χ0v) is 18.0. The van der Waals surface area contributed by atoms with Crippen LogP contribution in [0.1, 0.15) is 94.2 Å². The Kier molecular flexibility index (Phi) is 8.01. The van der Waals surface area contributed by atoms with E-state index >= 15 is 0 Å². The van der Waals surface area contributed by atoms with Gasteiger partial charge in [0.2, 0.25) is 0 Å². The van der Waals surface area contributed by atoms with Crippen molar-refractivity contribution in [3.63, 3.8) is 0 Å². The van der Waals surface area contributed by atoms with Gasteiger partial charge in [-0.2, -0.15) is 0 Å². The second kappa shape index (κ2) is 10.7. The number of hydrogen-bond acceptors (Lipinski definition) is 1. The molecular formula is C27H38O. The minimum Gasteiger partial charge on any atom is -0.497 e.